The number of benzene rings is 1. The van der Waals surface area contributed by atoms with Crippen molar-refractivity contribution >= 4 is 5.91 Å². The first-order chi connectivity index (χ1) is 8.24. The standard InChI is InChI=1S/C13H20N2O2/c1-2-17-10-13(16)15-9-8-12(14)11-6-4-3-5-7-11/h3-7,12H,2,8-10,14H2,1H3,(H,15,16). The molecule has 0 aromatic heterocycles. The summed E-state index contributed by atoms with van der Waals surface area (Å²) in [5.74, 6) is -0.0906. The maximum absolute atomic E-state index is 11.2. The van der Waals surface area contributed by atoms with E-state index in [2.05, 4.69) is 5.32 Å². The van der Waals surface area contributed by atoms with Gasteiger partial charge in [-0.1, -0.05) is 30.3 Å². The molecule has 0 saturated heterocycles. The Bertz CT molecular complexity index is 327. The molecule has 4 nitrogen and oxygen atoms in total. The van der Waals surface area contributed by atoms with Crippen LogP contribution < -0.4 is 11.1 Å². The molecule has 0 heterocycles. The fraction of sp³-hybridized carbons (Fsp3) is 0.462. The molecule has 0 bridgehead atoms. The van der Waals surface area contributed by atoms with E-state index in [1.807, 2.05) is 37.3 Å². The normalized spacial score (nSPS) is 12.1. The predicted molar refractivity (Wildman–Crippen MR) is 67.5 cm³/mol. The Labute approximate surface area is 102 Å². The number of carbonyl (C=O) groups is 1. The molecule has 3 N–H and O–H groups in total. The number of amides is 1. The van der Waals surface area contributed by atoms with Gasteiger partial charge < -0.3 is 15.8 Å². The highest BCUT2D eigenvalue weighted by molar-refractivity contribution is 5.77. The Balaban J connectivity index is 2.20. The number of hydrogen-bond acceptors (Lipinski definition) is 3. The van der Waals surface area contributed by atoms with Crippen LogP contribution in [0.25, 0.3) is 0 Å². The van der Waals surface area contributed by atoms with Gasteiger partial charge in [0.25, 0.3) is 0 Å². The largest absolute Gasteiger partial charge is 0.372 e. The lowest BCUT2D eigenvalue weighted by Crippen LogP contribution is -2.30. The van der Waals surface area contributed by atoms with Crippen molar-refractivity contribution in [2.45, 2.75) is 19.4 Å². The van der Waals surface area contributed by atoms with Gasteiger partial charge in [-0.15, -0.1) is 0 Å². The summed E-state index contributed by atoms with van der Waals surface area (Å²) < 4.78 is 4.99. The Hall–Kier alpha value is -1.39. The van der Waals surface area contributed by atoms with E-state index in [4.69, 9.17) is 10.5 Å². The summed E-state index contributed by atoms with van der Waals surface area (Å²) in [5.41, 5.74) is 7.09. The molecule has 0 spiro atoms. The van der Waals surface area contributed by atoms with E-state index >= 15 is 0 Å². The van der Waals surface area contributed by atoms with Gasteiger partial charge in [0, 0.05) is 19.2 Å². The molecule has 1 aromatic rings. The number of nitrogens with two attached hydrogens (primary N) is 1. The van der Waals surface area contributed by atoms with Crippen LogP contribution in [0.1, 0.15) is 24.9 Å². The minimum absolute atomic E-state index is 0.0383. The molecule has 0 aliphatic heterocycles. The fourth-order valence-corrected chi connectivity index (χ4v) is 1.48. The van der Waals surface area contributed by atoms with E-state index in [1.54, 1.807) is 0 Å². The van der Waals surface area contributed by atoms with Crippen molar-refractivity contribution in [2.24, 2.45) is 5.73 Å². The van der Waals surface area contributed by atoms with Crippen molar-refractivity contribution in [1.29, 1.82) is 0 Å². The highest BCUT2D eigenvalue weighted by atomic mass is 16.5. The summed E-state index contributed by atoms with van der Waals surface area (Å²) in [7, 11) is 0. The Morgan fingerprint density at radius 3 is 2.76 bits per heavy atom. The van der Waals surface area contributed by atoms with Gasteiger partial charge in [0.15, 0.2) is 0 Å². The quantitative estimate of drug-likeness (QED) is 0.748. The number of ether oxygens (including phenoxy) is 1. The van der Waals surface area contributed by atoms with Gasteiger partial charge in [0.05, 0.1) is 0 Å². The predicted octanol–water partition coefficient (Wildman–Crippen LogP) is 1.23. The smallest absolute Gasteiger partial charge is 0.245 e. The highest BCUT2D eigenvalue weighted by Gasteiger charge is 2.06. The van der Waals surface area contributed by atoms with Crippen molar-refractivity contribution in [1.82, 2.24) is 5.32 Å². The van der Waals surface area contributed by atoms with E-state index in [1.165, 1.54) is 0 Å². The third-order valence-electron chi connectivity index (χ3n) is 2.44. The number of nitrogens with one attached hydrogen (secondary N) is 1. The molecule has 94 valence electrons. The second-order valence-corrected chi connectivity index (χ2v) is 3.79. The summed E-state index contributed by atoms with van der Waals surface area (Å²) >= 11 is 0. The van der Waals surface area contributed by atoms with Gasteiger partial charge in [-0.25, -0.2) is 0 Å². The summed E-state index contributed by atoms with van der Waals surface area (Å²) in [6.45, 7) is 3.11. The summed E-state index contributed by atoms with van der Waals surface area (Å²) in [4.78, 5) is 11.2. The molecule has 0 fully saturated rings. The average molecular weight is 236 g/mol. The van der Waals surface area contributed by atoms with Crippen LogP contribution in [0.15, 0.2) is 30.3 Å². The molecule has 1 amide bonds. The average Bonchev–Trinajstić information content (AvgIpc) is 2.37. The van der Waals surface area contributed by atoms with E-state index in [9.17, 15) is 4.79 Å². The monoisotopic (exact) mass is 236 g/mol. The summed E-state index contributed by atoms with van der Waals surface area (Å²) in [5, 5.41) is 2.77. The zero-order valence-electron chi connectivity index (χ0n) is 10.2. The molecule has 1 atom stereocenters. The van der Waals surface area contributed by atoms with E-state index in [-0.39, 0.29) is 18.6 Å². The minimum Gasteiger partial charge on any atom is -0.372 e. The van der Waals surface area contributed by atoms with Crippen LogP contribution in [0.4, 0.5) is 0 Å². The lowest BCUT2D eigenvalue weighted by molar-refractivity contribution is -0.125. The van der Waals surface area contributed by atoms with Gasteiger partial charge in [-0.05, 0) is 18.9 Å². The molecule has 1 aromatic carbocycles. The SMILES string of the molecule is CCOCC(=O)NCCC(N)c1ccccc1. The van der Waals surface area contributed by atoms with Crippen LogP contribution >= 0.6 is 0 Å². The molecule has 0 aliphatic carbocycles. The third kappa shape index (κ3) is 5.47. The Morgan fingerprint density at radius 1 is 1.41 bits per heavy atom. The van der Waals surface area contributed by atoms with Crippen LogP contribution in [0.3, 0.4) is 0 Å². The first kappa shape index (κ1) is 13.7. The molecule has 0 aliphatic rings. The van der Waals surface area contributed by atoms with Crippen LogP contribution in [-0.4, -0.2) is 25.7 Å². The molecule has 0 saturated carbocycles. The van der Waals surface area contributed by atoms with Crippen molar-refractivity contribution in [3.63, 3.8) is 0 Å². The van der Waals surface area contributed by atoms with E-state index in [0.717, 1.165) is 12.0 Å². The first-order valence-electron chi connectivity index (χ1n) is 5.89. The van der Waals surface area contributed by atoms with Crippen molar-refractivity contribution < 1.29 is 9.53 Å². The maximum atomic E-state index is 11.2. The Morgan fingerprint density at radius 2 is 2.12 bits per heavy atom. The van der Waals surface area contributed by atoms with Crippen LogP contribution in [0.5, 0.6) is 0 Å². The van der Waals surface area contributed by atoms with Gasteiger partial charge in [0.2, 0.25) is 5.91 Å². The molecule has 1 unspecified atom stereocenters. The molecular weight excluding hydrogens is 216 g/mol. The first-order valence-corrected chi connectivity index (χ1v) is 5.89. The van der Waals surface area contributed by atoms with Crippen LogP contribution in [0.2, 0.25) is 0 Å². The number of carbonyl (C=O) groups excluding carboxylic acids is 1. The third-order valence-corrected chi connectivity index (χ3v) is 2.44. The lowest BCUT2D eigenvalue weighted by atomic mass is 10.1. The van der Waals surface area contributed by atoms with Gasteiger partial charge in [-0.2, -0.15) is 0 Å². The van der Waals surface area contributed by atoms with Gasteiger partial charge in [-0.3, -0.25) is 4.79 Å². The topological polar surface area (TPSA) is 64.3 Å². The van der Waals surface area contributed by atoms with E-state index in [0.29, 0.717) is 13.2 Å². The lowest BCUT2D eigenvalue weighted by Gasteiger charge is -2.12. The van der Waals surface area contributed by atoms with Gasteiger partial charge >= 0.3 is 0 Å². The van der Waals surface area contributed by atoms with Crippen LogP contribution in [-0.2, 0) is 9.53 Å². The fourth-order valence-electron chi connectivity index (χ4n) is 1.48. The van der Waals surface area contributed by atoms with Crippen molar-refractivity contribution in [3.05, 3.63) is 35.9 Å². The molecule has 17 heavy (non-hydrogen) atoms. The molecule has 1 rings (SSSR count). The van der Waals surface area contributed by atoms with Gasteiger partial charge in [0.1, 0.15) is 6.61 Å². The second kappa shape index (κ2) is 7.81. The Kier molecular flexibility index (Phi) is 6.29. The number of rotatable bonds is 7. The zero-order chi connectivity index (χ0) is 12.5. The van der Waals surface area contributed by atoms with E-state index < -0.39 is 0 Å². The number of hydrogen-bond donors (Lipinski definition) is 2. The molecule has 4 heteroatoms. The zero-order valence-corrected chi connectivity index (χ0v) is 10.2. The van der Waals surface area contributed by atoms with Crippen molar-refractivity contribution in [3.8, 4) is 0 Å². The molecule has 0 radical (unpaired) electrons. The maximum Gasteiger partial charge on any atom is 0.245 e. The second-order valence-electron chi connectivity index (χ2n) is 3.79. The highest BCUT2D eigenvalue weighted by Crippen LogP contribution is 2.11. The molecular formula is C13H20N2O2. The summed E-state index contributed by atoms with van der Waals surface area (Å²) in [6.07, 6.45) is 0.724. The summed E-state index contributed by atoms with van der Waals surface area (Å²) in [6, 6.07) is 9.83. The van der Waals surface area contributed by atoms with Crippen molar-refractivity contribution in [2.75, 3.05) is 19.8 Å². The van der Waals surface area contributed by atoms with Crippen LogP contribution in [0, 0.1) is 0 Å². The minimum atomic E-state index is -0.0906.